The highest BCUT2D eigenvalue weighted by molar-refractivity contribution is 7.17. The number of carbonyl (C=O) groups excluding carboxylic acids is 1. The Bertz CT molecular complexity index is 1080. The number of rotatable bonds is 6. The van der Waals surface area contributed by atoms with Gasteiger partial charge in [-0.2, -0.15) is 13.2 Å². The van der Waals surface area contributed by atoms with Crippen molar-refractivity contribution in [1.29, 1.82) is 0 Å². The second-order valence-electron chi connectivity index (χ2n) is 7.08. The van der Waals surface area contributed by atoms with Crippen molar-refractivity contribution < 1.29 is 22.7 Å². The third-order valence-electron chi connectivity index (χ3n) is 4.67. The predicted octanol–water partition coefficient (Wildman–Crippen LogP) is 5.39. The summed E-state index contributed by atoms with van der Waals surface area (Å²) < 4.78 is 46.2. The van der Waals surface area contributed by atoms with Gasteiger partial charge in [-0.15, -0.1) is 11.3 Å². The monoisotopic (exact) mass is 449 g/mol. The third-order valence-corrected chi connectivity index (χ3v) is 5.76. The van der Waals surface area contributed by atoms with Crippen LogP contribution in [0.15, 0.2) is 48.5 Å². The number of amides is 1. The van der Waals surface area contributed by atoms with E-state index in [2.05, 4.69) is 10.3 Å². The van der Waals surface area contributed by atoms with Crippen LogP contribution in [0.2, 0.25) is 0 Å². The van der Waals surface area contributed by atoms with Gasteiger partial charge in [-0.1, -0.05) is 24.3 Å². The van der Waals surface area contributed by atoms with E-state index in [4.69, 9.17) is 4.74 Å². The molecule has 0 aliphatic heterocycles. The molecule has 1 aromatic heterocycles. The summed E-state index contributed by atoms with van der Waals surface area (Å²) in [6.45, 7) is 1.72. The van der Waals surface area contributed by atoms with Crippen LogP contribution in [-0.2, 0) is 6.18 Å². The van der Waals surface area contributed by atoms with Crippen molar-refractivity contribution in [1.82, 2.24) is 10.3 Å². The number of hydrogen-bond acceptors (Lipinski definition) is 5. The Morgan fingerprint density at radius 2 is 1.87 bits per heavy atom. The number of methoxy groups -OCH3 is 1. The van der Waals surface area contributed by atoms with Crippen molar-refractivity contribution in [2.45, 2.75) is 19.1 Å². The highest BCUT2D eigenvalue weighted by Crippen LogP contribution is 2.40. The SMILES string of the molecule is COc1ccccc1-c1nc(C(F)(F)F)c(C(=O)NC(C)c2cccc(N(C)C)c2)s1. The van der Waals surface area contributed by atoms with Gasteiger partial charge < -0.3 is 15.0 Å². The van der Waals surface area contributed by atoms with E-state index >= 15 is 0 Å². The molecule has 0 spiro atoms. The molecule has 1 atom stereocenters. The van der Waals surface area contributed by atoms with Crippen molar-refractivity contribution in [2.24, 2.45) is 0 Å². The molecule has 1 heterocycles. The molecule has 0 saturated carbocycles. The molecule has 5 nitrogen and oxygen atoms in total. The van der Waals surface area contributed by atoms with Crippen LogP contribution in [0.5, 0.6) is 5.75 Å². The molecule has 1 N–H and O–H groups in total. The number of nitrogens with zero attached hydrogens (tertiary/aromatic N) is 2. The van der Waals surface area contributed by atoms with Crippen LogP contribution in [0, 0.1) is 0 Å². The first kappa shape index (κ1) is 22.6. The van der Waals surface area contributed by atoms with Crippen LogP contribution in [-0.4, -0.2) is 32.1 Å². The van der Waals surface area contributed by atoms with Crippen molar-refractivity contribution >= 4 is 22.9 Å². The normalized spacial score (nSPS) is 12.4. The van der Waals surface area contributed by atoms with E-state index in [1.54, 1.807) is 31.2 Å². The number of aromatic nitrogens is 1. The molecule has 3 rings (SSSR count). The number of ether oxygens (including phenoxy) is 1. The van der Waals surface area contributed by atoms with Crippen LogP contribution in [0.4, 0.5) is 18.9 Å². The lowest BCUT2D eigenvalue weighted by Gasteiger charge is -2.18. The van der Waals surface area contributed by atoms with Gasteiger partial charge in [0.1, 0.15) is 15.6 Å². The molecular formula is C22H22F3N3O2S. The van der Waals surface area contributed by atoms with E-state index < -0.39 is 28.7 Å². The lowest BCUT2D eigenvalue weighted by molar-refractivity contribution is -0.141. The zero-order chi connectivity index (χ0) is 22.8. The van der Waals surface area contributed by atoms with E-state index in [1.807, 2.05) is 43.3 Å². The number of carbonyl (C=O) groups is 1. The van der Waals surface area contributed by atoms with Gasteiger partial charge in [-0.05, 0) is 36.8 Å². The molecule has 0 radical (unpaired) electrons. The first-order valence-corrected chi connectivity index (χ1v) is 10.2. The predicted molar refractivity (Wildman–Crippen MR) is 116 cm³/mol. The van der Waals surface area contributed by atoms with Crippen molar-refractivity contribution in [3.8, 4) is 16.3 Å². The molecule has 0 bridgehead atoms. The molecule has 2 aromatic carbocycles. The zero-order valence-corrected chi connectivity index (χ0v) is 18.3. The zero-order valence-electron chi connectivity index (χ0n) is 17.4. The average Bonchev–Trinajstić information content (AvgIpc) is 3.20. The van der Waals surface area contributed by atoms with Gasteiger partial charge in [0.2, 0.25) is 0 Å². The number of hydrogen-bond donors (Lipinski definition) is 1. The van der Waals surface area contributed by atoms with E-state index in [0.29, 0.717) is 22.6 Å². The topological polar surface area (TPSA) is 54.5 Å². The van der Waals surface area contributed by atoms with Crippen LogP contribution in [0.25, 0.3) is 10.6 Å². The Balaban J connectivity index is 1.95. The Labute approximate surface area is 182 Å². The second kappa shape index (κ2) is 8.97. The minimum Gasteiger partial charge on any atom is -0.496 e. The average molecular weight is 449 g/mol. The van der Waals surface area contributed by atoms with Crippen molar-refractivity contribution in [2.75, 3.05) is 26.1 Å². The fourth-order valence-corrected chi connectivity index (χ4v) is 4.04. The Morgan fingerprint density at radius 1 is 1.16 bits per heavy atom. The Kier molecular flexibility index (Phi) is 6.54. The van der Waals surface area contributed by atoms with Gasteiger partial charge in [0, 0.05) is 19.8 Å². The van der Waals surface area contributed by atoms with Gasteiger partial charge in [0.15, 0.2) is 5.69 Å². The summed E-state index contributed by atoms with van der Waals surface area (Å²) in [5, 5.41) is 2.73. The molecular weight excluding hydrogens is 427 g/mol. The van der Waals surface area contributed by atoms with E-state index in [-0.39, 0.29) is 5.01 Å². The Morgan fingerprint density at radius 3 is 2.52 bits per heavy atom. The minimum absolute atomic E-state index is 0.0668. The van der Waals surface area contributed by atoms with Gasteiger partial charge in [0.25, 0.3) is 5.91 Å². The van der Waals surface area contributed by atoms with Crippen LogP contribution >= 0.6 is 11.3 Å². The van der Waals surface area contributed by atoms with Gasteiger partial charge >= 0.3 is 6.18 Å². The molecule has 0 fully saturated rings. The number of para-hydroxylation sites is 1. The molecule has 0 aliphatic rings. The summed E-state index contributed by atoms with van der Waals surface area (Å²) in [7, 11) is 5.19. The first-order valence-electron chi connectivity index (χ1n) is 9.41. The summed E-state index contributed by atoms with van der Waals surface area (Å²) in [6.07, 6.45) is -4.77. The molecule has 9 heteroatoms. The van der Waals surface area contributed by atoms with E-state index in [1.165, 1.54) is 7.11 Å². The number of benzene rings is 2. The molecule has 164 valence electrons. The highest BCUT2D eigenvalue weighted by atomic mass is 32.1. The van der Waals surface area contributed by atoms with E-state index in [9.17, 15) is 18.0 Å². The fraction of sp³-hybridized carbons (Fsp3) is 0.273. The summed E-state index contributed by atoms with van der Waals surface area (Å²) in [4.78, 5) is 18.0. The maximum absolute atomic E-state index is 13.6. The summed E-state index contributed by atoms with van der Waals surface area (Å²) in [5.41, 5.74) is 0.893. The maximum atomic E-state index is 13.6. The Hall–Kier alpha value is -3.07. The smallest absolute Gasteiger partial charge is 0.435 e. The van der Waals surface area contributed by atoms with E-state index in [0.717, 1.165) is 11.3 Å². The third kappa shape index (κ3) is 4.99. The number of alkyl halides is 3. The number of nitrogens with one attached hydrogen (secondary N) is 1. The van der Waals surface area contributed by atoms with Gasteiger partial charge in [-0.3, -0.25) is 4.79 Å². The lowest BCUT2D eigenvalue weighted by atomic mass is 10.1. The molecule has 0 aliphatic carbocycles. The van der Waals surface area contributed by atoms with Crippen molar-refractivity contribution in [3.63, 3.8) is 0 Å². The molecule has 1 unspecified atom stereocenters. The molecule has 1 amide bonds. The van der Waals surface area contributed by atoms with Crippen LogP contribution < -0.4 is 15.0 Å². The largest absolute Gasteiger partial charge is 0.496 e. The minimum atomic E-state index is -4.77. The molecule has 0 saturated heterocycles. The van der Waals surface area contributed by atoms with Crippen molar-refractivity contribution in [3.05, 3.63) is 64.7 Å². The van der Waals surface area contributed by atoms with Crippen LogP contribution in [0.1, 0.15) is 33.9 Å². The van der Waals surface area contributed by atoms with Gasteiger partial charge in [-0.25, -0.2) is 4.98 Å². The summed E-state index contributed by atoms with van der Waals surface area (Å²) in [5.74, 6) is -0.445. The maximum Gasteiger partial charge on any atom is 0.435 e. The fourth-order valence-electron chi connectivity index (χ4n) is 3.02. The summed E-state index contributed by atoms with van der Waals surface area (Å²) in [6, 6.07) is 13.6. The molecule has 3 aromatic rings. The molecule has 31 heavy (non-hydrogen) atoms. The first-order chi connectivity index (χ1) is 14.6. The number of thiazole rings is 1. The standard InChI is InChI=1S/C22H22F3N3O2S/c1-13(14-8-7-9-15(12-14)28(2)3)26-20(29)18-19(22(23,24)25)27-21(31-18)16-10-5-6-11-17(16)30-4/h5-13H,1-4H3,(H,26,29). The second-order valence-corrected chi connectivity index (χ2v) is 8.08. The van der Waals surface area contributed by atoms with Gasteiger partial charge in [0.05, 0.1) is 18.7 Å². The number of anilines is 1. The van der Waals surface area contributed by atoms with Crippen LogP contribution in [0.3, 0.4) is 0 Å². The quantitative estimate of drug-likeness (QED) is 0.548. The summed E-state index contributed by atoms with van der Waals surface area (Å²) >= 11 is 0.691. The highest BCUT2D eigenvalue weighted by Gasteiger charge is 2.40. The lowest BCUT2D eigenvalue weighted by Crippen LogP contribution is -2.28. The number of halogens is 3.